The van der Waals surface area contributed by atoms with E-state index in [1.54, 1.807) is 31.2 Å². The third-order valence-electron chi connectivity index (χ3n) is 3.41. The summed E-state index contributed by atoms with van der Waals surface area (Å²) in [4.78, 5) is 47.9. The van der Waals surface area contributed by atoms with Gasteiger partial charge >= 0.3 is 5.97 Å². The lowest BCUT2D eigenvalue weighted by Crippen LogP contribution is -2.32. The van der Waals surface area contributed by atoms with E-state index in [0.29, 0.717) is 5.69 Å². The zero-order chi connectivity index (χ0) is 16.8. The number of para-hydroxylation sites is 1. The molecule has 0 aliphatic carbocycles. The molecule has 2 rings (SSSR count). The highest BCUT2D eigenvalue weighted by Crippen LogP contribution is 2.17. The largest absolute Gasteiger partial charge is 0.462 e. The first kappa shape index (κ1) is 16.7. The average molecular weight is 318 g/mol. The number of esters is 1. The van der Waals surface area contributed by atoms with Crippen LogP contribution in [0.5, 0.6) is 0 Å². The van der Waals surface area contributed by atoms with Crippen LogP contribution < -0.4 is 5.32 Å². The van der Waals surface area contributed by atoms with Crippen LogP contribution in [-0.4, -0.2) is 41.7 Å². The molecule has 0 spiro atoms. The summed E-state index contributed by atoms with van der Waals surface area (Å²) < 4.78 is 4.93. The Hall–Kier alpha value is -2.70. The number of hydrogen-bond acceptors (Lipinski definition) is 5. The number of hydrogen-bond donors (Lipinski definition) is 1. The van der Waals surface area contributed by atoms with Crippen molar-refractivity contribution in [2.45, 2.75) is 26.2 Å². The summed E-state index contributed by atoms with van der Waals surface area (Å²) in [6.07, 6.45) is 0.382. The summed E-state index contributed by atoms with van der Waals surface area (Å²) in [6.45, 7) is 1.98. The second-order valence-electron chi connectivity index (χ2n) is 5.00. The molecule has 1 aliphatic heterocycles. The highest BCUT2D eigenvalue weighted by molar-refractivity contribution is 6.03. The van der Waals surface area contributed by atoms with Crippen molar-refractivity contribution in [2.24, 2.45) is 0 Å². The molecular formula is C16H18N2O5. The molecule has 122 valence electrons. The number of rotatable bonds is 6. The van der Waals surface area contributed by atoms with Gasteiger partial charge in [-0.05, 0) is 19.1 Å². The van der Waals surface area contributed by atoms with Crippen molar-refractivity contribution in [1.82, 2.24) is 4.90 Å². The average Bonchev–Trinajstić information content (AvgIpc) is 2.84. The van der Waals surface area contributed by atoms with Gasteiger partial charge in [0.2, 0.25) is 17.7 Å². The summed E-state index contributed by atoms with van der Waals surface area (Å²) in [5.41, 5.74) is 0.603. The fourth-order valence-electron chi connectivity index (χ4n) is 2.28. The zero-order valence-corrected chi connectivity index (χ0v) is 12.8. The van der Waals surface area contributed by atoms with E-state index < -0.39 is 5.97 Å². The lowest BCUT2D eigenvalue weighted by atomic mass is 10.1. The summed E-state index contributed by atoms with van der Waals surface area (Å²) in [5, 5.41) is 2.61. The molecule has 1 aromatic rings. The molecule has 1 N–H and O–H groups in total. The van der Waals surface area contributed by atoms with Gasteiger partial charge in [-0.25, -0.2) is 4.79 Å². The predicted molar refractivity (Wildman–Crippen MR) is 81.6 cm³/mol. The smallest absolute Gasteiger partial charge is 0.340 e. The van der Waals surface area contributed by atoms with Crippen LogP contribution in [0.2, 0.25) is 0 Å². The molecule has 3 amide bonds. The van der Waals surface area contributed by atoms with E-state index in [0.717, 1.165) is 4.90 Å². The lowest BCUT2D eigenvalue weighted by Gasteiger charge is -2.14. The number of nitrogens with zero attached hydrogens (tertiary/aromatic N) is 1. The van der Waals surface area contributed by atoms with E-state index in [-0.39, 0.29) is 55.7 Å². The van der Waals surface area contributed by atoms with Crippen molar-refractivity contribution in [3.63, 3.8) is 0 Å². The minimum atomic E-state index is -0.520. The van der Waals surface area contributed by atoms with E-state index in [2.05, 4.69) is 5.32 Å². The maximum absolute atomic E-state index is 12.0. The number of imide groups is 1. The van der Waals surface area contributed by atoms with Crippen LogP contribution in [0.1, 0.15) is 36.5 Å². The molecule has 1 fully saturated rings. The molecule has 0 saturated carbocycles. The van der Waals surface area contributed by atoms with Crippen LogP contribution in [0.3, 0.4) is 0 Å². The minimum Gasteiger partial charge on any atom is -0.462 e. The number of nitrogens with one attached hydrogen (secondary N) is 1. The van der Waals surface area contributed by atoms with Gasteiger partial charge in [-0.3, -0.25) is 19.3 Å². The van der Waals surface area contributed by atoms with Crippen molar-refractivity contribution in [3.8, 4) is 0 Å². The van der Waals surface area contributed by atoms with Gasteiger partial charge in [0.15, 0.2) is 0 Å². The van der Waals surface area contributed by atoms with Crippen LogP contribution in [0.15, 0.2) is 24.3 Å². The van der Waals surface area contributed by atoms with Crippen molar-refractivity contribution < 1.29 is 23.9 Å². The first-order chi connectivity index (χ1) is 11.0. The Morgan fingerprint density at radius 2 is 1.83 bits per heavy atom. The third-order valence-corrected chi connectivity index (χ3v) is 3.41. The molecule has 0 bridgehead atoms. The Balaban J connectivity index is 1.96. The summed E-state index contributed by atoms with van der Waals surface area (Å²) in [5.74, 6) is -1.41. The molecule has 0 radical (unpaired) electrons. The molecule has 1 aromatic carbocycles. The number of carbonyl (C=O) groups is 4. The third kappa shape index (κ3) is 4.15. The van der Waals surface area contributed by atoms with E-state index in [9.17, 15) is 19.2 Å². The fourth-order valence-corrected chi connectivity index (χ4v) is 2.28. The zero-order valence-electron chi connectivity index (χ0n) is 12.8. The Kier molecular flexibility index (Phi) is 5.46. The molecule has 7 nitrogen and oxygen atoms in total. The lowest BCUT2D eigenvalue weighted by molar-refractivity contribution is -0.138. The van der Waals surface area contributed by atoms with Crippen molar-refractivity contribution >= 4 is 29.4 Å². The number of carbonyl (C=O) groups excluding carboxylic acids is 4. The van der Waals surface area contributed by atoms with E-state index >= 15 is 0 Å². The summed E-state index contributed by atoms with van der Waals surface area (Å²) in [6, 6.07) is 6.51. The maximum Gasteiger partial charge on any atom is 0.340 e. The Bertz CT molecular complexity index is 625. The second kappa shape index (κ2) is 7.53. The molecule has 23 heavy (non-hydrogen) atoms. The molecule has 0 unspecified atom stereocenters. The molecule has 1 heterocycles. The van der Waals surface area contributed by atoms with E-state index in [1.165, 1.54) is 0 Å². The van der Waals surface area contributed by atoms with Gasteiger partial charge in [-0.2, -0.15) is 0 Å². The van der Waals surface area contributed by atoms with Crippen LogP contribution in [-0.2, 0) is 19.1 Å². The molecule has 0 aromatic heterocycles. The quantitative estimate of drug-likeness (QED) is 0.631. The molecule has 0 atom stereocenters. The van der Waals surface area contributed by atoms with Gasteiger partial charge in [-0.1, -0.05) is 12.1 Å². The van der Waals surface area contributed by atoms with Gasteiger partial charge in [0.05, 0.1) is 17.9 Å². The van der Waals surface area contributed by atoms with Crippen molar-refractivity contribution in [2.75, 3.05) is 18.5 Å². The van der Waals surface area contributed by atoms with Crippen LogP contribution in [0, 0.1) is 0 Å². The van der Waals surface area contributed by atoms with Gasteiger partial charge in [0.1, 0.15) is 0 Å². The van der Waals surface area contributed by atoms with Crippen LogP contribution in [0.4, 0.5) is 5.69 Å². The monoisotopic (exact) mass is 318 g/mol. The molecule has 7 heteroatoms. The minimum absolute atomic E-state index is 0.0192. The van der Waals surface area contributed by atoms with Gasteiger partial charge < -0.3 is 10.1 Å². The Labute approximate surface area is 133 Å². The topological polar surface area (TPSA) is 92.8 Å². The van der Waals surface area contributed by atoms with Crippen molar-refractivity contribution in [3.05, 3.63) is 29.8 Å². The number of anilines is 1. The van der Waals surface area contributed by atoms with Crippen LogP contribution in [0.25, 0.3) is 0 Å². The van der Waals surface area contributed by atoms with E-state index in [4.69, 9.17) is 4.74 Å². The molecule has 1 aliphatic rings. The second-order valence-corrected chi connectivity index (χ2v) is 5.00. The van der Waals surface area contributed by atoms with Gasteiger partial charge in [0, 0.05) is 25.8 Å². The SMILES string of the molecule is CCOC(=O)c1ccccc1NC(=O)CCN1C(=O)CCC1=O. The summed E-state index contributed by atoms with van der Waals surface area (Å²) in [7, 11) is 0. The Morgan fingerprint density at radius 1 is 1.17 bits per heavy atom. The first-order valence-electron chi connectivity index (χ1n) is 7.42. The highest BCUT2D eigenvalue weighted by Gasteiger charge is 2.28. The van der Waals surface area contributed by atoms with Gasteiger partial charge in [-0.15, -0.1) is 0 Å². The van der Waals surface area contributed by atoms with Crippen LogP contribution >= 0.6 is 0 Å². The fraction of sp³-hybridized carbons (Fsp3) is 0.375. The predicted octanol–water partition coefficient (Wildman–Crippen LogP) is 1.34. The number of ether oxygens (including phenoxy) is 1. The maximum atomic E-state index is 12.0. The Morgan fingerprint density at radius 3 is 2.48 bits per heavy atom. The first-order valence-corrected chi connectivity index (χ1v) is 7.42. The van der Waals surface area contributed by atoms with E-state index in [1.807, 2.05) is 0 Å². The van der Waals surface area contributed by atoms with Crippen molar-refractivity contribution in [1.29, 1.82) is 0 Å². The molecular weight excluding hydrogens is 300 g/mol. The standard InChI is InChI=1S/C16H18N2O5/c1-2-23-16(22)11-5-3-4-6-12(11)17-13(19)9-10-18-14(20)7-8-15(18)21/h3-6H,2,7-10H2,1H3,(H,17,19). The number of benzene rings is 1. The number of likely N-dealkylation sites (tertiary alicyclic amines) is 1. The molecule has 1 saturated heterocycles. The highest BCUT2D eigenvalue weighted by atomic mass is 16.5. The normalized spacial score (nSPS) is 14.0. The van der Waals surface area contributed by atoms with Gasteiger partial charge in [0.25, 0.3) is 0 Å². The number of amides is 3. The summed E-state index contributed by atoms with van der Waals surface area (Å²) >= 11 is 0.